The molecule has 3 heterocycles. The zero-order valence-corrected chi connectivity index (χ0v) is 33.5. The predicted molar refractivity (Wildman–Crippen MR) is 254 cm³/mol. The minimum Gasteiger partial charge on any atom is -0.456 e. The van der Waals surface area contributed by atoms with Gasteiger partial charge in [-0.3, -0.25) is 0 Å². The van der Waals surface area contributed by atoms with Crippen LogP contribution < -0.4 is 0 Å². The van der Waals surface area contributed by atoms with Gasteiger partial charge in [0.1, 0.15) is 11.2 Å². The summed E-state index contributed by atoms with van der Waals surface area (Å²) in [5.41, 5.74) is 14.7. The van der Waals surface area contributed by atoms with Gasteiger partial charge in [-0.15, -0.1) is 0 Å². The Morgan fingerprint density at radius 2 is 0.806 bits per heavy atom. The molecule has 12 rings (SSSR count). The van der Waals surface area contributed by atoms with Crippen LogP contribution in [0.4, 0.5) is 0 Å². The fourth-order valence-electron chi connectivity index (χ4n) is 9.06. The van der Waals surface area contributed by atoms with E-state index in [2.05, 4.69) is 162 Å². The van der Waals surface area contributed by atoms with Crippen molar-refractivity contribution in [3.63, 3.8) is 0 Å². The summed E-state index contributed by atoms with van der Waals surface area (Å²) in [6.45, 7) is 0. The summed E-state index contributed by atoms with van der Waals surface area (Å²) in [6, 6.07) is 76.3. The third-order valence-corrected chi connectivity index (χ3v) is 11.9. The molecule has 3 aromatic heterocycles. The first-order valence-electron chi connectivity index (χ1n) is 20.9. The molecule has 5 heteroatoms. The SMILES string of the molecule is c1ccc(-c2nc(-c3ccccc3)nc(-c3cccc(-c4ccc5c(c4)oc4cccc(-c6ccccc6-c6cccc7c6c6ccccc6n7-c6ccccc6)c45)c3)n2)cc1. The van der Waals surface area contributed by atoms with Crippen LogP contribution >= 0.6 is 0 Å². The number of nitrogens with zero attached hydrogens (tertiary/aromatic N) is 4. The maximum absolute atomic E-state index is 6.71. The molecule has 0 spiro atoms. The first kappa shape index (κ1) is 35.5. The van der Waals surface area contributed by atoms with E-state index in [9.17, 15) is 0 Å². The minimum atomic E-state index is 0.619. The Hall–Kier alpha value is -8.41. The van der Waals surface area contributed by atoms with Gasteiger partial charge in [0.05, 0.1) is 11.0 Å². The average Bonchev–Trinajstić information content (AvgIpc) is 3.90. The Morgan fingerprint density at radius 1 is 0.306 bits per heavy atom. The molecule has 0 amide bonds. The second kappa shape index (κ2) is 14.7. The van der Waals surface area contributed by atoms with E-state index in [1.54, 1.807) is 0 Å². The van der Waals surface area contributed by atoms with Crippen molar-refractivity contribution in [2.75, 3.05) is 0 Å². The highest BCUT2D eigenvalue weighted by atomic mass is 16.3. The Balaban J connectivity index is 0.970. The van der Waals surface area contributed by atoms with Crippen molar-refractivity contribution in [1.29, 1.82) is 0 Å². The molecule has 0 bridgehead atoms. The first-order chi connectivity index (χ1) is 30.7. The summed E-state index contributed by atoms with van der Waals surface area (Å²) in [7, 11) is 0. The van der Waals surface area contributed by atoms with Crippen LogP contribution in [0.2, 0.25) is 0 Å². The van der Waals surface area contributed by atoms with E-state index in [1.807, 2.05) is 60.7 Å². The summed E-state index contributed by atoms with van der Waals surface area (Å²) in [5.74, 6) is 1.89. The lowest BCUT2D eigenvalue weighted by Crippen LogP contribution is -2.00. The van der Waals surface area contributed by atoms with Crippen molar-refractivity contribution in [3.8, 4) is 73.2 Å². The van der Waals surface area contributed by atoms with E-state index < -0.39 is 0 Å². The zero-order chi connectivity index (χ0) is 41.0. The van der Waals surface area contributed by atoms with Crippen LogP contribution in [0.15, 0.2) is 223 Å². The van der Waals surface area contributed by atoms with Crippen LogP contribution in [0, 0.1) is 0 Å². The molecule has 9 aromatic carbocycles. The number of para-hydroxylation sites is 2. The molecule has 0 atom stereocenters. The van der Waals surface area contributed by atoms with Gasteiger partial charge in [0.15, 0.2) is 17.5 Å². The molecule has 5 nitrogen and oxygen atoms in total. The highest BCUT2D eigenvalue weighted by Crippen LogP contribution is 2.45. The van der Waals surface area contributed by atoms with Crippen molar-refractivity contribution >= 4 is 43.7 Å². The highest BCUT2D eigenvalue weighted by molar-refractivity contribution is 6.19. The van der Waals surface area contributed by atoms with Crippen molar-refractivity contribution in [2.45, 2.75) is 0 Å². The maximum Gasteiger partial charge on any atom is 0.164 e. The van der Waals surface area contributed by atoms with Crippen LogP contribution in [0.1, 0.15) is 0 Å². The highest BCUT2D eigenvalue weighted by Gasteiger charge is 2.21. The number of aromatic nitrogens is 4. The van der Waals surface area contributed by atoms with Crippen molar-refractivity contribution in [1.82, 2.24) is 19.5 Å². The summed E-state index contributed by atoms with van der Waals surface area (Å²) >= 11 is 0. The third kappa shape index (κ3) is 5.98. The smallest absolute Gasteiger partial charge is 0.164 e. The summed E-state index contributed by atoms with van der Waals surface area (Å²) in [5, 5.41) is 4.63. The van der Waals surface area contributed by atoms with Crippen LogP contribution in [-0.4, -0.2) is 19.5 Å². The van der Waals surface area contributed by atoms with Gasteiger partial charge in [0.2, 0.25) is 0 Å². The van der Waals surface area contributed by atoms with Gasteiger partial charge in [-0.1, -0.05) is 170 Å². The van der Waals surface area contributed by atoms with Gasteiger partial charge < -0.3 is 8.98 Å². The molecule has 290 valence electrons. The molecule has 0 aliphatic heterocycles. The lowest BCUT2D eigenvalue weighted by molar-refractivity contribution is 0.669. The van der Waals surface area contributed by atoms with Crippen LogP contribution in [0.5, 0.6) is 0 Å². The van der Waals surface area contributed by atoms with E-state index in [1.165, 1.54) is 32.9 Å². The normalized spacial score (nSPS) is 11.5. The Labute approximate surface area is 357 Å². The molecule has 62 heavy (non-hydrogen) atoms. The van der Waals surface area contributed by atoms with Gasteiger partial charge in [-0.05, 0) is 81.9 Å². The number of hydrogen-bond acceptors (Lipinski definition) is 4. The molecule has 12 aromatic rings. The van der Waals surface area contributed by atoms with Gasteiger partial charge in [0.25, 0.3) is 0 Å². The molecular weight excluding hydrogens is 757 g/mol. The van der Waals surface area contributed by atoms with Crippen LogP contribution in [-0.2, 0) is 0 Å². The van der Waals surface area contributed by atoms with Gasteiger partial charge in [0, 0.05) is 43.9 Å². The molecule has 0 unspecified atom stereocenters. The Bertz CT molecular complexity index is 3570. The summed E-state index contributed by atoms with van der Waals surface area (Å²) in [6.07, 6.45) is 0. The van der Waals surface area contributed by atoms with Crippen molar-refractivity contribution in [3.05, 3.63) is 218 Å². The van der Waals surface area contributed by atoms with Crippen molar-refractivity contribution < 1.29 is 4.42 Å². The number of fused-ring (bicyclic) bond motifs is 6. The van der Waals surface area contributed by atoms with Gasteiger partial charge in [-0.25, -0.2) is 15.0 Å². The monoisotopic (exact) mass is 792 g/mol. The Kier molecular flexibility index (Phi) is 8.42. The van der Waals surface area contributed by atoms with E-state index in [0.717, 1.165) is 66.6 Å². The van der Waals surface area contributed by atoms with Crippen molar-refractivity contribution in [2.24, 2.45) is 0 Å². The predicted octanol–water partition coefficient (Wildman–Crippen LogP) is 14.9. The quantitative estimate of drug-likeness (QED) is 0.161. The topological polar surface area (TPSA) is 56.7 Å². The molecule has 0 saturated heterocycles. The minimum absolute atomic E-state index is 0.619. The lowest BCUT2D eigenvalue weighted by Gasteiger charge is -2.13. The van der Waals surface area contributed by atoms with E-state index in [4.69, 9.17) is 19.4 Å². The molecule has 0 radical (unpaired) electrons. The number of benzene rings is 9. The molecule has 0 saturated carbocycles. The largest absolute Gasteiger partial charge is 0.456 e. The summed E-state index contributed by atoms with van der Waals surface area (Å²) in [4.78, 5) is 14.9. The number of hydrogen-bond donors (Lipinski definition) is 0. The number of furan rings is 1. The second-order valence-corrected chi connectivity index (χ2v) is 15.5. The fourth-order valence-corrected chi connectivity index (χ4v) is 9.06. The number of rotatable bonds is 7. The van der Waals surface area contributed by atoms with Gasteiger partial charge >= 0.3 is 0 Å². The molecule has 0 aliphatic rings. The van der Waals surface area contributed by atoms with Gasteiger partial charge in [-0.2, -0.15) is 0 Å². The Morgan fingerprint density at radius 3 is 1.52 bits per heavy atom. The first-order valence-corrected chi connectivity index (χ1v) is 20.9. The van der Waals surface area contributed by atoms with Crippen LogP contribution in [0.3, 0.4) is 0 Å². The second-order valence-electron chi connectivity index (χ2n) is 15.5. The molecule has 0 aliphatic carbocycles. The standard InChI is InChI=1S/C57H36N4O/c1-4-17-37(18-5-1)55-58-56(38-19-6-2-7-20-38)60-57(59-55)41-22-14-21-39(35-41)40-33-34-48-52(36-40)62-51-32-16-29-46(54(48)51)44-26-11-10-25-43(44)45-28-15-31-50-53(45)47-27-12-13-30-49(47)61(50)42-23-8-3-9-24-42/h1-36H. The van der Waals surface area contributed by atoms with E-state index >= 15 is 0 Å². The lowest BCUT2D eigenvalue weighted by atomic mass is 9.90. The molecule has 0 fully saturated rings. The maximum atomic E-state index is 6.71. The van der Waals surface area contributed by atoms with Crippen LogP contribution in [0.25, 0.3) is 117 Å². The molecular formula is C57H36N4O. The van der Waals surface area contributed by atoms with E-state index in [-0.39, 0.29) is 0 Å². The fraction of sp³-hybridized carbons (Fsp3) is 0. The van der Waals surface area contributed by atoms with E-state index in [0.29, 0.717) is 17.5 Å². The zero-order valence-electron chi connectivity index (χ0n) is 33.5. The summed E-state index contributed by atoms with van der Waals surface area (Å²) < 4.78 is 9.09. The average molecular weight is 793 g/mol. The third-order valence-electron chi connectivity index (χ3n) is 11.9. The molecule has 0 N–H and O–H groups in total.